The summed E-state index contributed by atoms with van der Waals surface area (Å²) in [5, 5.41) is 3.45. The Hall–Kier alpha value is -3.08. The fourth-order valence-corrected chi connectivity index (χ4v) is 3.76. The molecule has 0 amide bonds. The molecule has 5 nitrogen and oxygen atoms in total. The molecule has 1 N–H and O–H groups in total. The minimum atomic E-state index is 0.757. The fourth-order valence-electron chi connectivity index (χ4n) is 3.76. The van der Waals surface area contributed by atoms with Crippen LogP contribution in [0.5, 0.6) is 0 Å². The van der Waals surface area contributed by atoms with Gasteiger partial charge in [-0.25, -0.2) is 4.98 Å². The molecule has 2 heterocycles. The van der Waals surface area contributed by atoms with Gasteiger partial charge in [0.1, 0.15) is 5.82 Å². The molecule has 0 bridgehead atoms. The molecule has 0 spiro atoms. The number of rotatable bonds is 7. The highest BCUT2D eigenvalue weighted by molar-refractivity contribution is 5.62. The van der Waals surface area contributed by atoms with Crippen LogP contribution < -0.4 is 15.1 Å². The van der Waals surface area contributed by atoms with Crippen molar-refractivity contribution >= 4 is 23.1 Å². The first-order chi connectivity index (χ1) is 14.2. The molecule has 4 rings (SSSR count). The molecule has 1 saturated heterocycles. The van der Waals surface area contributed by atoms with Gasteiger partial charge in [0, 0.05) is 49.3 Å². The van der Waals surface area contributed by atoms with E-state index in [0.29, 0.717) is 0 Å². The van der Waals surface area contributed by atoms with Gasteiger partial charge in [-0.3, -0.25) is 0 Å². The number of anilines is 4. The van der Waals surface area contributed by atoms with Gasteiger partial charge in [0.25, 0.3) is 0 Å². The van der Waals surface area contributed by atoms with Gasteiger partial charge in [0.15, 0.2) is 0 Å². The largest absolute Gasteiger partial charge is 0.372 e. The summed E-state index contributed by atoms with van der Waals surface area (Å²) < 4.78 is 0. The Morgan fingerprint density at radius 1 is 0.966 bits per heavy atom. The highest BCUT2D eigenvalue weighted by Gasteiger charge is 2.13. The van der Waals surface area contributed by atoms with E-state index in [-0.39, 0.29) is 0 Å². The molecule has 0 saturated carbocycles. The van der Waals surface area contributed by atoms with E-state index >= 15 is 0 Å². The molecule has 150 valence electrons. The quantitative estimate of drug-likeness (QED) is 0.607. The number of hydrogen-bond donors (Lipinski definition) is 1. The molecule has 0 radical (unpaired) electrons. The van der Waals surface area contributed by atoms with E-state index in [0.717, 1.165) is 49.3 Å². The molecule has 2 aromatic carbocycles. The average molecular weight is 388 g/mol. The lowest BCUT2D eigenvalue weighted by Crippen LogP contribution is -2.24. The number of nitrogens with one attached hydrogen (secondary N) is 1. The SMILES string of the molecule is CCN(Cc1ccccc1)c1nc(C)cc(Nc2ccc(N3CCCC3)cc2)n1. The molecule has 1 aliphatic heterocycles. The van der Waals surface area contributed by atoms with Crippen molar-refractivity contribution in [2.24, 2.45) is 0 Å². The molecule has 0 unspecified atom stereocenters. The first-order valence-electron chi connectivity index (χ1n) is 10.5. The summed E-state index contributed by atoms with van der Waals surface area (Å²) in [5.41, 5.74) is 4.56. The summed E-state index contributed by atoms with van der Waals surface area (Å²) in [6.45, 7) is 8.13. The van der Waals surface area contributed by atoms with Crippen molar-refractivity contribution in [2.75, 3.05) is 34.8 Å². The number of nitrogens with zero attached hydrogens (tertiary/aromatic N) is 4. The predicted octanol–water partition coefficient (Wildman–Crippen LogP) is 5.16. The lowest BCUT2D eigenvalue weighted by molar-refractivity contribution is 0.788. The fraction of sp³-hybridized carbons (Fsp3) is 0.333. The minimum Gasteiger partial charge on any atom is -0.372 e. The summed E-state index contributed by atoms with van der Waals surface area (Å²) in [6, 6.07) is 21.1. The summed E-state index contributed by atoms with van der Waals surface area (Å²) in [7, 11) is 0. The van der Waals surface area contributed by atoms with Crippen LogP contribution in [0.4, 0.5) is 23.1 Å². The molecule has 29 heavy (non-hydrogen) atoms. The second kappa shape index (κ2) is 8.95. The third-order valence-corrected chi connectivity index (χ3v) is 5.33. The zero-order valence-corrected chi connectivity index (χ0v) is 17.3. The Bertz CT molecular complexity index is 918. The highest BCUT2D eigenvalue weighted by atomic mass is 15.3. The first kappa shape index (κ1) is 19.2. The molecule has 1 aliphatic rings. The van der Waals surface area contributed by atoms with Crippen molar-refractivity contribution in [2.45, 2.75) is 33.2 Å². The van der Waals surface area contributed by atoms with Gasteiger partial charge < -0.3 is 15.1 Å². The average Bonchev–Trinajstić information content (AvgIpc) is 3.28. The van der Waals surface area contributed by atoms with Gasteiger partial charge in [-0.15, -0.1) is 0 Å². The van der Waals surface area contributed by atoms with Crippen LogP contribution in [0.1, 0.15) is 31.0 Å². The molecule has 3 aromatic rings. The van der Waals surface area contributed by atoms with Crippen LogP contribution in [0.25, 0.3) is 0 Å². The van der Waals surface area contributed by atoms with E-state index in [2.05, 4.69) is 75.6 Å². The Morgan fingerprint density at radius 3 is 2.38 bits per heavy atom. The summed E-state index contributed by atoms with van der Waals surface area (Å²) in [4.78, 5) is 14.1. The van der Waals surface area contributed by atoms with E-state index in [9.17, 15) is 0 Å². The number of benzene rings is 2. The van der Waals surface area contributed by atoms with Crippen molar-refractivity contribution in [1.29, 1.82) is 0 Å². The lowest BCUT2D eigenvalue weighted by Gasteiger charge is -2.22. The van der Waals surface area contributed by atoms with E-state index in [1.165, 1.54) is 24.1 Å². The smallest absolute Gasteiger partial charge is 0.227 e. The summed E-state index contributed by atoms with van der Waals surface area (Å²) in [5.74, 6) is 1.58. The van der Waals surface area contributed by atoms with E-state index < -0.39 is 0 Å². The first-order valence-corrected chi connectivity index (χ1v) is 10.5. The van der Waals surface area contributed by atoms with Gasteiger partial charge >= 0.3 is 0 Å². The van der Waals surface area contributed by atoms with Crippen molar-refractivity contribution in [3.05, 3.63) is 71.9 Å². The number of hydrogen-bond acceptors (Lipinski definition) is 5. The normalized spacial score (nSPS) is 13.5. The second-order valence-electron chi connectivity index (χ2n) is 7.56. The third-order valence-electron chi connectivity index (χ3n) is 5.33. The van der Waals surface area contributed by atoms with Gasteiger partial charge in [0.2, 0.25) is 5.95 Å². The lowest BCUT2D eigenvalue weighted by atomic mass is 10.2. The zero-order valence-electron chi connectivity index (χ0n) is 17.3. The van der Waals surface area contributed by atoms with Crippen molar-refractivity contribution in [3.8, 4) is 0 Å². The van der Waals surface area contributed by atoms with E-state index in [1.54, 1.807) is 0 Å². The van der Waals surface area contributed by atoms with E-state index in [1.807, 2.05) is 19.1 Å². The van der Waals surface area contributed by atoms with Crippen LogP contribution in [0.15, 0.2) is 60.7 Å². The van der Waals surface area contributed by atoms with Crippen LogP contribution in [0.2, 0.25) is 0 Å². The summed E-state index contributed by atoms with van der Waals surface area (Å²) >= 11 is 0. The maximum atomic E-state index is 4.79. The Kier molecular flexibility index (Phi) is 5.94. The van der Waals surface area contributed by atoms with Crippen LogP contribution in [0.3, 0.4) is 0 Å². The standard InChI is InChI=1S/C24H29N5/c1-3-28(18-20-9-5-4-6-10-20)24-25-19(2)17-23(27-24)26-21-11-13-22(14-12-21)29-15-7-8-16-29/h4-6,9-14,17H,3,7-8,15-16,18H2,1-2H3,(H,25,26,27). The van der Waals surface area contributed by atoms with E-state index in [4.69, 9.17) is 4.98 Å². The maximum Gasteiger partial charge on any atom is 0.227 e. The monoisotopic (exact) mass is 387 g/mol. The summed E-state index contributed by atoms with van der Waals surface area (Å²) in [6.07, 6.45) is 2.58. The van der Waals surface area contributed by atoms with Crippen molar-refractivity contribution in [1.82, 2.24) is 9.97 Å². The molecular weight excluding hydrogens is 358 g/mol. The van der Waals surface area contributed by atoms with Crippen LogP contribution in [-0.2, 0) is 6.54 Å². The Balaban J connectivity index is 1.50. The zero-order chi connectivity index (χ0) is 20.1. The van der Waals surface area contributed by atoms with Gasteiger partial charge in [-0.1, -0.05) is 30.3 Å². The Morgan fingerprint density at radius 2 is 1.69 bits per heavy atom. The molecule has 0 atom stereocenters. The predicted molar refractivity (Wildman–Crippen MR) is 121 cm³/mol. The van der Waals surface area contributed by atoms with Crippen molar-refractivity contribution in [3.63, 3.8) is 0 Å². The van der Waals surface area contributed by atoms with Crippen LogP contribution in [0, 0.1) is 6.92 Å². The Labute approximate surface area is 173 Å². The van der Waals surface area contributed by atoms with Crippen LogP contribution >= 0.6 is 0 Å². The molecule has 1 fully saturated rings. The number of aryl methyl sites for hydroxylation is 1. The van der Waals surface area contributed by atoms with Gasteiger partial charge in [-0.2, -0.15) is 4.98 Å². The maximum absolute atomic E-state index is 4.79. The van der Waals surface area contributed by atoms with Crippen LogP contribution in [-0.4, -0.2) is 29.6 Å². The second-order valence-corrected chi connectivity index (χ2v) is 7.56. The topological polar surface area (TPSA) is 44.3 Å². The molecular formula is C24H29N5. The minimum absolute atomic E-state index is 0.757. The molecule has 1 aromatic heterocycles. The van der Waals surface area contributed by atoms with Crippen molar-refractivity contribution < 1.29 is 0 Å². The van der Waals surface area contributed by atoms with Gasteiger partial charge in [0.05, 0.1) is 0 Å². The van der Waals surface area contributed by atoms with Gasteiger partial charge in [-0.05, 0) is 56.5 Å². The number of aromatic nitrogens is 2. The highest BCUT2D eigenvalue weighted by Crippen LogP contribution is 2.24. The third kappa shape index (κ3) is 4.86. The molecule has 0 aliphatic carbocycles. The molecule has 5 heteroatoms.